The van der Waals surface area contributed by atoms with Crippen molar-refractivity contribution in [3.8, 4) is 0 Å². The molecule has 1 aliphatic carbocycles. The Hall–Kier alpha value is -1.77. The Morgan fingerprint density at radius 3 is 2.74 bits per heavy atom. The first-order valence-electron chi connectivity index (χ1n) is 9.53. The van der Waals surface area contributed by atoms with Gasteiger partial charge in [0.2, 0.25) is 10.0 Å². The maximum atomic E-state index is 13.3. The minimum atomic E-state index is -3.56. The average Bonchev–Trinajstić information content (AvgIpc) is 3.25. The fourth-order valence-electron chi connectivity index (χ4n) is 3.89. The molecule has 1 aromatic carbocycles. The predicted molar refractivity (Wildman–Crippen MR) is 101 cm³/mol. The molecule has 2 aromatic rings. The fraction of sp³-hybridized carbons (Fsp3) is 0.579. The Kier molecular flexibility index (Phi) is 5.05. The summed E-state index contributed by atoms with van der Waals surface area (Å²) in [6, 6.07) is 7.24. The van der Waals surface area contributed by atoms with Crippen LogP contribution in [0, 0.1) is 5.92 Å². The Balaban J connectivity index is 1.62. The van der Waals surface area contributed by atoms with Gasteiger partial charge in [-0.3, -0.25) is 5.10 Å². The number of nitrogens with one attached hydrogen (secondary N) is 1. The molecule has 1 N–H and O–H groups in total. The molecular weight excluding hydrogens is 364 g/mol. The maximum absolute atomic E-state index is 13.3. The molecule has 2 fully saturated rings. The minimum Gasteiger partial charge on any atom is -0.384 e. The van der Waals surface area contributed by atoms with Crippen molar-refractivity contribution in [2.45, 2.75) is 42.9 Å². The van der Waals surface area contributed by atoms with Gasteiger partial charge in [-0.15, -0.1) is 0 Å². The predicted octanol–water partition coefficient (Wildman–Crippen LogP) is 2.30. The number of nitrogens with zero attached hydrogens (tertiary/aromatic N) is 3. The normalized spacial score (nSPS) is 23.8. The van der Waals surface area contributed by atoms with Crippen LogP contribution in [0.3, 0.4) is 0 Å². The Bertz CT molecular complexity index is 907. The van der Waals surface area contributed by atoms with Crippen molar-refractivity contribution in [1.29, 1.82) is 0 Å². The zero-order valence-corrected chi connectivity index (χ0v) is 16.6. The molecule has 2 atom stereocenters. The molecule has 2 heterocycles. The number of aromatic nitrogens is 3. The monoisotopic (exact) mass is 390 g/mol. The van der Waals surface area contributed by atoms with E-state index in [0.29, 0.717) is 36.9 Å². The number of sulfonamides is 1. The molecule has 1 saturated carbocycles. The highest BCUT2D eigenvalue weighted by atomic mass is 32.2. The van der Waals surface area contributed by atoms with E-state index in [1.54, 1.807) is 23.5 Å². The van der Waals surface area contributed by atoms with Crippen LogP contribution in [0.5, 0.6) is 0 Å². The molecule has 2 aliphatic rings. The molecule has 8 heteroatoms. The topological polar surface area (TPSA) is 88.2 Å². The third kappa shape index (κ3) is 3.53. The summed E-state index contributed by atoms with van der Waals surface area (Å²) in [6.45, 7) is 3.29. The van der Waals surface area contributed by atoms with Crippen LogP contribution >= 0.6 is 0 Å². The van der Waals surface area contributed by atoms with Crippen molar-refractivity contribution in [1.82, 2.24) is 19.5 Å². The van der Waals surface area contributed by atoms with E-state index in [0.717, 1.165) is 30.1 Å². The van der Waals surface area contributed by atoms with Crippen LogP contribution in [0.25, 0.3) is 0 Å². The highest BCUT2D eigenvalue weighted by Crippen LogP contribution is 2.40. The molecule has 7 nitrogen and oxygen atoms in total. The first-order valence-corrected chi connectivity index (χ1v) is 11.0. The second-order valence-corrected chi connectivity index (χ2v) is 9.36. The quantitative estimate of drug-likeness (QED) is 0.784. The third-order valence-corrected chi connectivity index (χ3v) is 7.51. The lowest BCUT2D eigenvalue weighted by Gasteiger charge is -2.18. The van der Waals surface area contributed by atoms with Gasteiger partial charge in [0, 0.05) is 38.0 Å². The summed E-state index contributed by atoms with van der Waals surface area (Å²) in [6.07, 6.45) is 2.95. The van der Waals surface area contributed by atoms with E-state index < -0.39 is 10.0 Å². The second-order valence-electron chi connectivity index (χ2n) is 7.46. The van der Waals surface area contributed by atoms with Crippen LogP contribution in [-0.4, -0.2) is 54.7 Å². The van der Waals surface area contributed by atoms with E-state index in [1.807, 2.05) is 19.1 Å². The molecule has 1 aliphatic heterocycles. The Morgan fingerprint density at radius 2 is 2.04 bits per heavy atom. The van der Waals surface area contributed by atoms with E-state index in [-0.39, 0.29) is 11.8 Å². The third-order valence-electron chi connectivity index (χ3n) is 5.57. The van der Waals surface area contributed by atoms with Crippen molar-refractivity contribution >= 4 is 10.0 Å². The van der Waals surface area contributed by atoms with Crippen LogP contribution in [0.15, 0.2) is 29.2 Å². The molecule has 1 saturated heterocycles. The number of hydrogen-bond acceptors (Lipinski definition) is 5. The lowest BCUT2D eigenvalue weighted by molar-refractivity contribution is 0.150. The van der Waals surface area contributed by atoms with Crippen LogP contribution in [0.4, 0.5) is 0 Å². The van der Waals surface area contributed by atoms with Crippen molar-refractivity contribution in [3.63, 3.8) is 0 Å². The van der Waals surface area contributed by atoms with Gasteiger partial charge in [0.1, 0.15) is 5.82 Å². The number of hydrogen-bond donors (Lipinski definition) is 1. The number of H-pyrrole nitrogens is 1. The van der Waals surface area contributed by atoms with Crippen LogP contribution in [0.2, 0.25) is 0 Å². The van der Waals surface area contributed by atoms with Crippen LogP contribution in [0.1, 0.15) is 48.8 Å². The van der Waals surface area contributed by atoms with Gasteiger partial charge in [-0.25, -0.2) is 13.4 Å². The summed E-state index contributed by atoms with van der Waals surface area (Å²) in [5, 5.41) is 7.40. The molecular formula is C19H26N4O3S. The molecule has 0 amide bonds. The van der Waals surface area contributed by atoms with E-state index in [2.05, 4.69) is 15.2 Å². The highest BCUT2D eigenvalue weighted by molar-refractivity contribution is 7.89. The second kappa shape index (κ2) is 7.33. The van der Waals surface area contributed by atoms with Gasteiger partial charge in [0.25, 0.3) is 0 Å². The molecule has 1 aromatic heterocycles. The van der Waals surface area contributed by atoms with Crippen molar-refractivity contribution in [3.05, 3.63) is 41.5 Å². The van der Waals surface area contributed by atoms with E-state index in [1.165, 1.54) is 0 Å². The van der Waals surface area contributed by atoms with Gasteiger partial charge < -0.3 is 4.74 Å². The van der Waals surface area contributed by atoms with Crippen molar-refractivity contribution < 1.29 is 13.2 Å². The summed E-state index contributed by atoms with van der Waals surface area (Å²) < 4.78 is 33.6. The standard InChI is InChI=1S/C19H26N4O3S/c1-3-13-6-4-5-7-17(13)27(24,25)23-10-15(12-26-2)16(11-23)19-20-18(21-22-19)14-8-9-14/h4-7,14-16H,3,8-12H2,1-2H3,(H,20,21,22)/t15-,16+/m0/s1. The lowest BCUT2D eigenvalue weighted by atomic mass is 9.96. The fourth-order valence-corrected chi connectivity index (χ4v) is 5.70. The van der Waals surface area contributed by atoms with E-state index in [4.69, 9.17) is 4.74 Å². The molecule has 146 valence electrons. The van der Waals surface area contributed by atoms with Gasteiger partial charge in [-0.2, -0.15) is 9.40 Å². The summed E-state index contributed by atoms with van der Waals surface area (Å²) in [5.41, 5.74) is 0.847. The zero-order valence-electron chi connectivity index (χ0n) is 15.8. The van der Waals surface area contributed by atoms with Crippen LogP contribution < -0.4 is 0 Å². The number of rotatable bonds is 7. The first kappa shape index (κ1) is 18.6. The Morgan fingerprint density at radius 1 is 1.26 bits per heavy atom. The van der Waals surface area contributed by atoms with Crippen molar-refractivity contribution in [2.75, 3.05) is 26.8 Å². The number of aromatic amines is 1. The number of aryl methyl sites for hydroxylation is 1. The van der Waals surface area contributed by atoms with Gasteiger partial charge in [-0.1, -0.05) is 25.1 Å². The number of methoxy groups -OCH3 is 1. The van der Waals surface area contributed by atoms with E-state index >= 15 is 0 Å². The van der Waals surface area contributed by atoms with Gasteiger partial charge >= 0.3 is 0 Å². The molecule has 27 heavy (non-hydrogen) atoms. The summed E-state index contributed by atoms with van der Waals surface area (Å²) in [4.78, 5) is 5.07. The van der Waals surface area contributed by atoms with Gasteiger partial charge in [-0.05, 0) is 30.9 Å². The van der Waals surface area contributed by atoms with Crippen molar-refractivity contribution in [2.24, 2.45) is 5.92 Å². The van der Waals surface area contributed by atoms with Crippen LogP contribution in [-0.2, 0) is 21.2 Å². The summed E-state index contributed by atoms with van der Waals surface area (Å²) in [5.74, 6) is 2.12. The van der Waals surface area contributed by atoms with Gasteiger partial charge in [0.15, 0.2) is 5.82 Å². The Labute approximate surface area is 160 Å². The first-order chi connectivity index (χ1) is 13.0. The largest absolute Gasteiger partial charge is 0.384 e. The van der Waals surface area contributed by atoms with E-state index in [9.17, 15) is 8.42 Å². The summed E-state index contributed by atoms with van der Waals surface area (Å²) in [7, 11) is -1.91. The lowest BCUT2D eigenvalue weighted by Crippen LogP contribution is -2.30. The molecule has 0 spiro atoms. The minimum absolute atomic E-state index is 0.0338. The molecule has 0 radical (unpaired) electrons. The number of benzene rings is 1. The summed E-state index contributed by atoms with van der Waals surface area (Å²) >= 11 is 0. The smallest absolute Gasteiger partial charge is 0.243 e. The molecule has 0 unspecified atom stereocenters. The highest BCUT2D eigenvalue weighted by Gasteiger charge is 2.42. The molecule has 4 rings (SSSR count). The SMILES string of the molecule is CCc1ccccc1S(=O)(=O)N1C[C@@H](COC)[C@H](c2nc(C3CC3)n[nH]2)C1. The van der Waals surface area contributed by atoms with Gasteiger partial charge in [0.05, 0.1) is 11.5 Å². The number of ether oxygens (including phenoxy) is 1. The maximum Gasteiger partial charge on any atom is 0.243 e. The molecule has 0 bridgehead atoms. The average molecular weight is 391 g/mol. The zero-order chi connectivity index (χ0) is 19.0.